The third-order valence-corrected chi connectivity index (χ3v) is 4.47. The molecule has 0 aromatic carbocycles. The predicted molar refractivity (Wildman–Crippen MR) is 77.4 cm³/mol. The molecule has 0 saturated heterocycles. The van der Waals surface area contributed by atoms with Crippen LogP contribution in [0.4, 0.5) is 0 Å². The Labute approximate surface area is 129 Å². The number of carbonyl (C=O) groups excluding carboxylic acids is 1. The van der Waals surface area contributed by atoms with Crippen LogP contribution in [0.15, 0.2) is 17.0 Å². The van der Waals surface area contributed by atoms with Crippen molar-refractivity contribution in [3.8, 4) is 5.82 Å². The maximum atomic E-state index is 12.1. The lowest BCUT2D eigenvalue weighted by Gasteiger charge is -2.04. The van der Waals surface area contributed by atoms with Crippen LogP contribution in [0.1, 0.15) is 41.0 Å². The maximum absolute atomic E-state index is 12.1. The van der Waals surface area contributed by atoms with Crippen LogP contribution >= 0.6 is 15.9 Å². The van der Waals surface area contributed by atoms with E-state index >= 15 is 0 Å². The third-order valence-electron chi connectivity index (χ3n) is 4.06. The SMILES string of the molecule is CCOC(=O)c1nn(-c2cnc(Br)cn2)c2c1C[C@H]1C[C@@H]21. The number of nitrogens with zero attached hydrogens (tertiary/aromatic N) is 4. The molecule has 2 aromatic heterocycles. The third kappa shape index (κ3) is 1.98. The molecular weight excluding hydrogens is 336 g/mol. The zero-order valence-electron chi connectivity index (χ0n) is 11.4. The van der Waals surface area contributed by atoms with Crippen molar-refractivity contribution in [2.24, 2.45) is 5.92 Å². The smallest absolute Gasteiger partial charge is 0.359 e. The monoisotopic (exact) mass is 348 g/mol. The lowest BCUT2D eigenvalue weighted by molar-refractivity contribution is 0.0517. The molecule has 0 spiro atoms. The minimum Gasteiger partial charge on any atom is -0.461 e. The first-order valence-electron chi connectivity index (χ1n) is 6.96. The Bertz CT molecular complexity index is 725. The summed E-state index contributed by atoms with van der Waals surface area (Å²) in [5.41, 5.74) is 2.57. The van der Waals surface area contributed by atoms with Gasteiger partial charge in [0.1, 0.15) is 4.60 Å². The van der Waals surface area contributed by atoms with E-state index in [1.54, 1.807) is 24.0 Å². The number of rotatable bonds is 3. The van der Waals surface area contributed by atoms with E-state index in [-0.39, 0.29) is 5.97 Å². The van der Waals surface area contributed by atoms with Crippen molar-refractivity contribution >= 4 is 21.9 Å². The van der Waals surface area contributed by atoms with Gasteiger partial charge >= 0.3 is 5.97 Å². The molecule has 2 aliphatic rings. The lowest BCUT2D eigenvalue weighted by atomic mass is 10.1. The Morgan fingerprint density at radius 2 is 2.33 bits per heavy atom. The van der Waals surface area contributed by atoms with Gasteiger partial charge in [0.2, 0.25) is 0 Å². The van der Waals surface area contributed by atoms with Crippen LogP contribution in [0.3, 0.4) is 0 Å². The molecular formula is C14H13BrN4O2. The molecule has 21 heavy (non-hydrogen) atoms. The minimum atomic E-state index is -0.348. The predicted octanol–water partition coefficient (Wildman–Crippen LogP) is 2.26. The van der Waals surface area contributed by atoms with E-state index in [1.807, 2.05) is 0 Å². The molecule has 4 rings (SSSR count). The number of ether oxygens (including phenoxy) is 1. The Morgan fingerprint density at radius 1 is 1.48 bits per heavy atom. The second-order valence-corrected chi connectivity index (χ2v) is 6.16. The second kappa shape index (κ2) is 4.62. The summed E-state index contributed by atoms with van der Waals surface area (Å²) in [6.45, 7) is 2.15. The number of halogens is 1. The highest BCUT2D eigenvalue weighted by Crippen LogP contribution is 2.57. The second-order valence-electron chi connectivity index (χ2n) is 5.35. The van der Waals surface area contributed by atoms with Gasteiger partial charge in [-0.3, -0.25) is 0 Å². The van der Waals surface area contributed by atoms with Crippen molar-refractivity contribution in [1.29, 1.82) is 0 Å². The van der Waals surface area contributed by atoms with Gasteiger partial charge in [0.15, 0.2) is 11.5 Å². The first-order chi connectivity index (χ1) is 10.2. The van der Waals surface area contributed by atoms with Crippen molar-refractivity contribution in [3.63, 3.8) is 0 Å². The summed E-state index contributed by atoms with van der Waals surface area (Å²) in [4.78, 5) is 20.6. The molecule has 6 nitrogen and oxygen atoms in total. The molecule has 2 heterocycles. The fourth-order valence-corrected chi connectivity index (χ4v) is 3.27. The van der Waals surface area contributed by atoms with Crippen LogP contribution in [0, 0.1) is 5.92 Å². The van der Waals surface area contributed by atoms with Crippen molar-refractivity contribution in [2.45, 2.75) is 25.7 Å². The largest absolute Gasteiger partial charge is 0.461 e. The summed E-state index contributed by atoms with van der Waals surface area (Å²) in [5.74, 6) is 1.44. The zero-order chi connectivity index (χ0) is 14.6. The molecule has 2 aliphatic carbocycles. The van der Waals surface area contributed by atoms with Gasteiger partial charge in [-0.05, 0) is 41.6 Å². The van der Waals surface area contributed by atoms with Gasteiger partial charge in [-0.15, -0.1) is 0 Å². The first-order valence-corrected chi connectivity index (χ1v) is 7.75. The molecule has 7 heteroatoms. The zero-order valence-corrected chi connectivity index (χ0v) is 13.0. The Balaban J connectivity index is 1.82. The highest BCUT2D eigenvalue weighted by atomic mass is 79.9. The molecule has 2 aromatic rings. The lowest BCUT2D eigenvalue weighted by Crippen LogP contribution is -2.09. The van der Waals surface area contributed by atoms with Crippen LogP contribution in [-0.2, 0) is 11.2 Å². The molecule has 108 valence electrons. The van der Waals surface area contributed by atoms with Crippen molar-refractivity contribution < 1.29 is 9.53 Å². The van der Waals surface area contributed by atoms with E-state index in [4.69, 9.17) is 4.74 Å². The highest BCUT2D eigenvalue weighted by Gasteiger charge is 2.50. The van der Waals surface area contributed by atoms with E-state index in [0.717, 1.165) is 17.7 Å². The van der Waals surface area contributed by atoms with Gasteiger partial charge in [-0.1, -0.05) is 0 Å². The summed E-state index contributed by atoms with van der Waals surface area (Å²) in [5, 5.41) is 4.45. The number of aromatic nitrogens is 4. The number of hydrogen-bond acceptors (Lipinski definition) is 5. The van der Waals surface area contributed by atoms with E-state index in [1.165, 1.54) is 6.42 Å². The summed E-state index contributed by atoms with van der Waals surface area (Å²) < 4.78 is 7.55. The van der Waals surface area contributed by atoms with Gasteiger partial charge < -0.3 is 4.74 Å². The Morgan fingerprint density at radius 3 is 3.05 bits per heavy atom. The van der Waals surface area contributed by atoms with E-state index in [2.05, 4.69) is 31.0 Å². The summed E-state index contributed by atoms with van der Waals surface area (Å²) in [7, 11) is 0. The average Bonchev–Trinajstić information content (AvgIpc) is 2.98. The summed E-state index contributed by atoms with van der Waals surface area (Å²) in [6, 6.07) is 0. The van der Waals surface area contributed by atoms with Gasteiger partial charge in [-0.2, -0.15) is 5.10 Å². The van der Waals surface area contributed by atoms with E-state index in [9.17, 15) is 4.79 Å². The van der Waals surface area contributed by atoms with Crippen molar-refractivity contribution in [3.05, 3.63) is 33.9 Å². The summed E-state index contributed by atoms with van der Waals surface area (Å²) in [6.07, 6.45) is 5.37. The first kappa shape index (κ1) is 12.9. The molecule has 0 bridgehead atoms. The minimum absolute atomic E-state index is 0.348. The van der Waals surface area contributed by atoms with E-state index in [0.29, 0.717) is 34.6 Å². The molecule has 0 radical (unpaired) electrons. The number of fused-ring (bicyclic) bond motifs is 3. The normalized spacial score (nSPS) is 21.8. The topological polar surface area (TPSA) is 69.9 Å². The van der Waals surface area contributed by atoms with Crippen molar-refractivity contribution in [1.82, 2.24) is 19.7 Å². The summed E-state index contributed by atoms with van der Waals surface area (Å²) >= 11 is 3.27. The number of hydrogen-bond donors (Lipinski definition) is 0. The van der Waals surface area contributed by atoms with Gasteiger partial charge in [0, 0.05) is 11.5 Å². The number of esters is 1. The quantitative estimate of drug-likeness (QED) is 0.795. The molecule has 0 N–H and O–H groups in total. The van der Waals surface area contributed by atoms with Crippen LogP contribution < -0.4 is 0 Å². The van der Waals surface area contributed by atoms with Crippen LogP contribution in [0.5, 0.6) is 0 Å². The molecule has 0 aliphatic heterocycles. The molecule has 0 unspecified atom stereocenters. The van der Waals surface area contributed by atoms with Crippen LogP contribution in [-0.4, -0.2) is 32.3 Å². The number of carbonyl (C=O) groups is 1. The standard InChI is InChI=1S/C14H13BrN4O2/c1-2-21-14(20)12-9-4-7-3-8(7)13(9)19(18-12)11-6-16-10(15)5-17-11/h5-8H,2-4H2,1H3/t7-,8-/m1/s1. The Kier molecular flexibility index (Phi) is 2.85. The molecule has 1 saturated carbocycles. The van der Waals surface area contributed by atoms with Crippen LogP contribution in [0.25, 0.3) is 5.82 Å². The fraction of sp³-hybridized carbons (Fsp3) is 0.429. The average molecular weight is 349 g/mol. The molecule has 2 atom stereocenters. The van der Waals surface area contributed by atoms with Gasteiger partial charge in [0.05, 0.1) is 24.7 Å². The van der Waals surface area contributed by atoms with Gasteiger partial charge in [0.25, 0.3) is 0 Å². The maximum Gasteiger partial charge on any atom is 0.359 e. The Hall–Kier alpha value is -1.76. The van der Waals surface area contributed by atoms with Gasteiger partial charge in [-0.25, -0.2) is 19.4 Å². The van der Waals surface area contributed by atoms with E-state index < -0.39 is 0 Å². The molecule has 0 amide bonds. The highest BCUT2D eigenvalue weighted by molar-refractivity contribution is 9.10. The van der Waals surface area contributed by atoms with Crippen molar-refractivity contribution in [2.75, 3.05) is 6.61 Å². The van der Waals surface area contributed by atoms with Crippen LogP contribution in [0.2, 0.25) is 0 Å². The fourth-order valence-electron chi connectivity index (χ4n) is 3.07. The molecule has 1 fully saturated rings.